The van der Waals surface area contributed by atoms with Crippen LogP contribution in [0.5, 0.6) is 11.5 Å². The van der Waals surface area contributed by atoms with Crippen LogP contribution < -0.4 is 10.5 Å². The van der Waals surface area contributed by atoms with Gasteiger partial charge in [0.1, 0.15) is 28.8 Å². The van der Waals surface area contributed by atoms with Gasteiger partial charge in [-0.1, -0.05) is 17.7 Å². The minimum absolute atomic E-state index is 0.0167. The van der Waals surface area contributed by atoms with Gasteiger partial charge >= 0.3 is 0 Å². The largest absolute Gasteiger partial charge is 0.457 e. The van der Waals surface area contributed by atoms with E-state index in [0.29, 0.717) is 34.4 Å². The van der Waals surface area contributed by atoms with Gasteiger partial charge in [-0.25, -0.2) is 13.5 Å². The van der Waals surface area contributed by atoms with E-state index in [2.05, 4.69) is 23.8 Å². The highest BCUT2D eigenvalue weighted by Gasteiger charge is 2.28. The Kier molecular flexibility index (Phi) is 7.60. The number of ketones is 1. The van der Waals surface area contributed by atoms with Crippen LogP contribution in [0.1, 0.15) is 59.7 Å². The molecule has 6 rings (SSSR count). The smallest absolute Gasteiger partial charge is 0.194 e. The predicted molar refractivity (Wildman–Crippen MR) is 161 cm³/mol. The molecular weight excluding hydrogens is 558 g/mol. The molecular formula is C33H31ClF2N4O2. The summed E-state index contributed by atoms with van der Waals surface area (Å²) >= 11 is 6.00. The summed E-state index contributed by atoms with van der Waals surface area (Å²) in [5, 5.41) is 4.70. The number of rotatable bonds is 7. The minimum atomic E-state index is -0.627. The average molecular weight is 589 g/mol. The molecule has 0 saturated carbocycles. The van der Waals surface area contributed by atoms with E-state index >= 15 is 8.78 Å². The molecule has 0 amide bonds. The molecule has 9 heteroatoms. The Morgan fingerprint density at radius 3 is 2.52 bits per heavy atom. The summed E-state index contributed by atoms with van der Waals surface area (Å²) in [6.07, 6.45) is 5.26. The van der Waals surface area contributed by atoms with Crippen molar-refractivity contribution in [2.75, 3.05) is 18.8 Å². The molecule has 0 atom stereocenters. The van der Waals surface area contributed by atoms with Crippen molar-refractivity contribution in [3.05, 3.63) is 105 Å². The topological polar surface area (TPSA) is 73.4 Å². The van der Waals surface area contributed by atoms with E-state index in [1.807, 2.05) is 12.1 Å². The quantitative estimate of drug-likeness (QED) is 0.225. The number of halogens is 3. The van der Waals surface area contributed by atoms with Gasteiger partial charge in [-0.05, 0) is 111 Å². The molecule has 3 aromatic carbocycles. The van der Waals surface area contributed by atoms with E-state index in [4.69, 9.17) is 22.1 Å². The molecule has 216 valence electrons. The monoisotopic (exact) mass is 588 g/mol. The van der Waals surface area contributed by atoms with Crippen molar-refractivity contribution in [3.8, 4) is 17.2 Å². The summed E-state index contributed by atoms with van der Waals surface area (Å²) in [4.78, 5) is 15.9. The summed E-state index contributed by atoms with van der Waals surface area (Å²) in [5.74, 6) is -0.250. The Morgan fingerprint density at radius 2 is 1.81 bits per heavy atom. The summed E-state index contributed by atoms with van der Waals surface area (Å²) in [6, 6.07) is 15.0. The van der Waals surface area contributed by atoms with Crippen LogP contribution in [0.3, 0.4) is 0 Å². The second-order valence-corrected chi connectivity index (χ2v) is 11.6. The number of ether oxygens (including phenoxy) is 1. The molecule has 4 aromatic rings. The zero-order valence-corrected chi connectivity index (χ0v) is 24.2. The molecule has 0 radical (unpaired) electrons. The third kappa shape index (κ3) is 5.44. The number of nitrogens with two attached hydrogens (primary N) is 1. The Labute approximate surface area is 248 Å². The zero-order chi connectivity index (χ0) is 29.5. The van der Waals surface area contributed by atoms with Crippen LogP contribution in [0, 0.1) is 11.6 Å². The molecule has 0 bridgehead atoms. The second-order valence-electron chi connectivity index (χ2n) is 11.2. The third-order valence-electron chi connectivity index (χ3n) is 8.19. The summed E-state index contributed by atoms with van der Waals surface area (Å²) < 4.78 is 37.2. The van der Waals surface area contributed by atoms with E-state index < -0.39 is 5.82 Å². The van der Waals surface area contributed by atoms with Crippen molar-refractivity contribution in [2.24, 2.45) is 0 Å². The number of fused-ring (bicyclic) bond motifs is 1. The standard InChI is InChI=1S/C33H31ClF2N4O2/c1-19(2)39-10-8-20(9-11-39)27-14-21-12-23(13-22(21)15-29(27)35)32(41)28-18-38-40(33(28)37)31-7-6-26(17-30(31)36)42-25-5-3-4-24(34)16-25/h3-7,12,14-20H,8-11,13,37H2,1-2H3. The van der Waals surface area contributed by atoms with Crippen molar-refractivity contribution in [1.82, 2.24) is 14.7 Å². The maximum absolute atomic E-state index is 15.2. The lowest BCUT2D eigenvalue weighted by Crippen LogP contribution is -2.38. The van der Waals surface area contributed by atoms with Gasteiger partial charge in [0, 0.05) is 29.1 Å². The number of allylic oxidation sites excluding steroid dienone is 1. The van der Waals surface area contributed by atoms with E-state index in [0.717, 1.165) is 37.1 Å². The number of likely N-dealkylation sites (tertiary alicyclic amines) is 1. The number of hydrogen-bond donors (Lipinski definition) is 1. The van der Waals surface area contributed by atoms with E-state index in [-0.39, 0.29) is 40.3 Å². The zero-order valence-electron chi connectivity index (χ0n) is 23.4. The molecule has 42 heavy (non-hydrogen) atoms. The second kappa shape index (κ2) is 11.3. The number of piperidine rings is 1. The van der Waals surface area contributed by atoms with E-state index in [9.17, 15) is 4.79 Å². The Morgan fingerprint density at radius 1 is 1.05 bits per heavy atom. The average Bonchev–Trinajstić information content (AvgIpc) is 3.55. The molecule has 2 N–H and O–H groups in total. The van der Waals surface area contributed by atoms with E-state index in [1.54, 1.807) is 36.4 Å². The van der Waals surface area contributed by atoms with Crippen molar-refractivity contribution in [2.45, 2.75) is 45.1 Å². The first kappa shape index (κ1) is 28.1. The van der Waals surface area contributed by atoms with E-state index in [1.165, 1.54) is 23.0 Å². The normalized spacial score (nSPS) is 15.6. The number of aromatic nitrogens is 2. The van der Waals surface area contributed by atoms with Crippen molar-refractivity contribution < 1.29 is 18.3 Å². The van der Waals surface area contributed by atoms with Gasteiger partial charge in [-0.15, -0.1) is 0 Å². The highest BCUT2D eigenvalue weighted by atomic mass is 35.5. The van der Waals surface area contributed by atoms with Crippen molar-refractivity contribution in [3.63, 3.8) is 0 Å². The van der Waals surface area contributed by atoms with Crippen molar-refractivity contribution >= 4 is 29.3 Å². The SMILES string of the molecule is CC(C)N1CCC(c2cc3c(cc2F)CC(C(=O)c2cnn(-c4ccc(Oc5cccc(Cl)c5)cc4F)c2N)=C3)CC1. The fourth-order valence-electron chi connectivity index (χ4n) is 5.85. The minimum Gasteiger partial charge on any atom is -0.457 e. The van der Waals surface area contributed by atoms with Crippen LogP contribution in [-0.2, 0) is 6.42 Å². The first-order valence-corrected chi connectivity index (χ1v) is 14.4. The van der Waals surface area contributed by atoms with Crippen LogP contribution in [0.15, 0.2) is 66.4 Å². The molecule has 1 fully saturated rings. The molecule has 1 aliphatic heterocycles. The van der Waals surface area contributed by atoms with Gasteiger partial charge < -0.3 is 15.4 Å². The number of nitrogens with zero attached hydrogens (tertiary/aromatic N) is 3. The molecule has 1 aliphatic carbocycles. The summed E-state index contributed by atoms with van der Waals surface area (Å²) in [5.41, 5.74) is 9.38. The van der Waals surface area contributed by atoms with Crippen LogP contribution in [0.2, 0.25) is 5.02 Å². The van der Waals surface area contributed by atoms with Gasteiger partial charge in [0.05, 0.1) is 11.8 Å². The highest BCUT2D eigenvalue weighted by Crippen LogP contribution is 2.37. The van der Waals surface area contributed by atoms with Gasteiger partial charge in [0.15, 0.2) is 11.6 Å². The Hall–Kier alpha value is -4.01. The number of Topliss-reactive ketones (excluding diaryl/α,β-unsaturated/α-hetero) is 1. The maximum Gasteiger partial charge on any atom is 0.194 e. The molecule has 6 nitrogen and oxygen atoms in total. The number of hydrogen-bond acceptors (Lipinski definition) is 5. The number of nitrogen functional groups attached to an aromatic ring is 1. The van der Waals surface area contributed by atoms with Gasteiger partial charge in [0.2, 0.25) is 0 Å². The molecule has 0 spiro atoms. The van der Waals surface area contributed by atoms with Crippen LogP contribution >= 0.6 is 11.6 Å². The first-order chi connectivity index (χ1) is 20.2. The van der Waals surface area contributed by atoms with Crippen molar-refractivity contribution in [1.29, 1.82) is 0 Å². The van der Waals surface area contributed by atoms with Gasteiger partial charge in [0.25, 0.3) is 0 Å². The fraction of sp³-hybridized carbons (Fsp3) is 0.273. The van der Waals surface area contributed by atoms with Crippen LogP contribution in [0.25, 0.3) is 11.8 Å². The summed E-state index contributed by atoms with van der Waals surface area (Å²) in [6.45, 7) is 6.25. The number of anilines is 1. The van der Waals surface area contributed by atoms with Gasteiger partial charge in [-0.2, -0.15) is 5.10 Å². The predicted octanol–water partition coefficient (Wildman–Crippen LogP) is 7.59. The summed E-state index contributed by atoms with van der Waals surface area (Å²) in [7, 11) is 0. The number of carbonyl (C=O) groups excluding carboxylic acids is 1. The molecule has 1 aromatic heterocycles. The first-order valence-electron chi connectivity index (χ1n) is 14.1. The Bertz CT molecular complexity index is 1710. The lowest BCUT2D eigenvalue weighted by molar-refractivity contribution is 0.103. The molecule has 0 unspecified atom stereocenters. The fourth-order valence-corrected chi connectivity index (χ4v) is 6.03. The highest BCUT2D eigenvalue weighted by molar-refractivity contribution is 6.30. The maximum atomic E-state index is 15.2. The molecule has 2 aliphatic rings. The molecule has 2 heterocycles. The number of carbonyl (C=O) groups is 1. The lowest BCUT2D eigenvalue weighted by Gasteiger charge is -2.35. The molecule has 1 saturated heterocycles. The van der Waals surface area contributed by atoms with Crippen LogP contribution in [-0.4, -0.2) is 39.6 Å². The number of benzene rings is 3. The Balaban J connectivity index is 1.20. The third-order valence-corrected chi connectivity index (χ3v) is 8.43. The van der Waals surface area contributed by atoms with Gasteiger partial charge in [-0.3, -0.25) is 4.79 Å². The lowest BCUT2D eigenvalue weighted by atomic mass is 9.87. The van der Waals surface area contributed by atoms with Crippen LogP contribution in [0.4, 0.5) is 14.6 Å².